The van der Waals surface area contributed by atoms with Crippen molar-refractivity contribution >= 4 is 5.69 Å². The highest BCUT2D eigenvalue weighted by molar-refractivity contribution is 5.41. The minimum absolute atomic E-state index is 0.0522. The van der Waals surface area contributed by atoms with Crippen molar-refractivity contribution in [1.29, 1.82) is 0 Å². The average molecular weight is 256 g/mol. The number of fused-ring (bicyclic) bond motifs is 1. The van der Waals surface area contributed by atoms with Crippen molar-refractivity contribution in [3.8, 4) is 0 Å². The largest absolute Gasteiger partial charge is 0.383 e. The summed E-state index contributed by atoms with van der Waals surface area (Å²) in [5.41, 5.74) is 3.10. The molecule has 3 heteroatoms. The second-order valence-electron chi connectivity index (χ2n) is 5.02. The van der Waals surface area contributed by atoms with Crippen molar-refractivity contribution in [2.24, 2.45) is 0 Å². The van der Waals surface area contributed by atoms with Crippen molar-refractivity contribution in [2.75, 3.05) is 11.9 Å². The summed E-state index contributed by atoms with van der Waals surface area (Å²) in [6.07, 6.45) is 6.62. The predicted molar refractivity (Wildman–Crippen MR) is 74.8 cm³/mol. The van der Waals surface area contributed by atoms with Crippen molar-refractivity contribution in [3.05, 3.63) is 59.7 Å². The maximum Gasteiger partial charge on any atom is 0.126 e. The SMILES string of the molecule is Fc1cccc2c1CCC[C@H]2CNc1cccnc1. The van der Waals surface area contributed by atoms with Crippen molar-refractivity contribution in [1.82, 2.24) is 4.98 Å². The second-order valence-corrected chi connectivity index (χ2v) is 5.02. The lowest BCUT2D eigenvalue weighted by Gasteiger charge is -2.26. The van der Waals surface area contributed by atoms with Crippen LogP contribution in [0.4, 0.5) is 10.1 Å². The molecule has 0 aliphatic heterocycles. The number of hydrogen-bond donors (Lipinski definition) is 1. The van der Waals surface area contributed by atoms with Crippen LogP contribution in [0.25, 0.3) is 0 Å². The van der Waals surface area contributed by atoms with Gasteiger partial charge in [0.05, 0.1) is 5.69 Å². The molecule has 1 aliphatic rings. The summed E-state index contributed by atoms with van der Waals surface area (Å²) < 4.78 is 13.8. The maximum absolute atomic E-state index is 13.8. The highest BCUT2D eigenvalue weighted by Gasteiger charge is 2.22. The van der Waals surface area contributed by atoms with Crippen molar-refractivity contribution < 1.29 is 4.39 Å². The minimum atomic E-state index is -0.0522. The van der Waals surface area contributed by atoms with Gasteiger partial charge in [0, 0.05) is 24.9 Å². The number of nitrogens with zero attached hydrogens (tertiary/aromatic N) is 1. The molecule has 3 rings (SSSR count). The van der Waals surface area contributed by atoms with Crippen LogP contribution in [0.15, 0.2) is 42.7 Å². The quantitative estimate of drug-likeness (QED) is 0.904. The van der Waals surface area contributed by atoms with Crippen LogP contribution >= 0.6 is 0 Å². The number of pyridine rings is 1. The standard InChI is InChI=1S/C16H17FN2/c17-16-8-2-6-14-12(4-1-7-15(14)16)10-19-13-5-3-9-18-11-13/h2-3,5-6,8-9,11-12,19H,1,4,7,10H2/t12-/m0/s1. The highest BCUT2D eigenvalue weighted by Crippen LogP contribution is 2.33. The van der Waals surface area contributed by atoms with Gasteiger partial charge < -0.3 is 5.32 Å². The first-order valence-corrected chi connectivity index (χ1v) is 6.76. The van der Waals surface area contributed by atoms with Gasteiger partial charge in [0.25, 0.3) is 0 Å². The third-order valence-corrected chi connectivity index (χ3v) is 3.79. The van der Waals surface area contributed by atoms with E-state index in [0.29, 0.717) is 5.92 Å². The average Bonchev–Trinajstić information content (AvgIpc) is 2.47. The van der Waals surface area contributed by atoms with Crippen LogP contribution in [0.5, 0.6) is 0 Å². The summed E-state index contributed by atoms with van der Waals surface area (Å²) in [7, 11) is 0. The summed E-state index contributed by atoms with van der Waals surface area (Å²) in [6.45, 7) is 0.835. The van der Waals surface area contributed by atoms with E-state index < -0.39 is 0 Å². The van der Waals surface area contributed by atoms with E-state index in [9.17, 15) is 4.39 Å². The molecule has 0 bridgehead atoms. The number of halogens is 1. The van der Waals surface area contributed by atoms with E-state index in [1.54, 1.807) is 12.3 Å². The topological polar surface area (TPSA) is 24.9 Å². The van der Waals surface area contributed by atoms with Crippen LogP contribution in [0.3, 0.4) is 0 Å². The molecule has 2 nitrogen and oxygen atoms in total. The normalized spacial score (nSPS) is 17.8. The number of rotatable bonds is 3. The highest BCUT2D eigenvalue weighted by atomic mass is 19.1. The zero-order valence-corrected chi connectivity index (χ0v) is 10.8. The van der Waals surface area contributed by atoms with Gasteiger partial charge in [-0.05, 0) is 48.6 Å². The maximum atomic E-state index is 13.8. The van der Waals surface area contributed by atoms with E-state index in [1.807, 2.05) is 24.4 Å². The molecule has 0 spiro atoms. The Morgan fingerprint density at radius 3 is 3.05 bits per heavy atom. The van der Waals surface area contributed by atoms with Gasteiger partial charge in [-0.3, -0.25) is 4.98 Å². The summed E-state index contributed by atoms with van der Waals surface area (Å²) in [5.74, 6) is 0.336. The lowest BCUT2D eigenvalue weighted by Crippen LogP contribution is -2.19. The monoisotopic (exact) mass is 256 g/mol. The van der Waals surface area contributed by atoms with E-state index in [-0.39, 0.29) is 5.82 Å². The molecule has 0 unspecified atom stereocenters. The van der Waals surface area contributed by atoms with E-state index in [2.05, 4.69) is 16.4 Å². The number of benzene rings is 1. The zero-order chi connectivity index (χ0) is 13.1. The van der Waals surface area contributed by atoms with Gasteiger partial charge in [-0.15, -0.1) is 0 Å². The smallest absolute Gasteiger partial charge is 0.126 e. The lowest BCUT2D eigenvalue weighted by molar-refractivity contribution is 0.533. The van der Waals surface area contributed by atoms with Gasteiger partial charge in [-0.25, -0.2) is 4.39 Å². The lowest BCUT2D eigenvalue weighted by atomic mass is 9.82. The van der Waals surface area contributed by atoms with Crippen LogP contribution < -0.4 is 5.32 Å². The summed E-state index contributed by atoms with van der Waals surface area (Å²) in [4.78, 5) is 4.08. The minimum Gasteiger partial charge on any atom is -0.383 e. The van der Waals surface area contributed by atoms with Gasteiger partial charge in [0.15, 0.2) is 0 Å². The fourth-order valence-corrected chi connectivity index (χ4v) is 2.82. The molecule has 1 N–H and O–H groups in total. The molecule has 1 aromatic heterocycles. The van der Waals surface area contributed by atoms with Crippen LogP contribution in [0.1, 0.15) is 29.9 Å². The molecule has 0 radical (unpaired) electrons. The molecule has 1 heterocycles. The first-order valence-electron chi connectivity index (χ1n) is 6.76. The Morgan fingerprint density at radius 1 is 1.26 bits per heavy atom. The van der Waals surface area contributed by atoms with Gasteiger partial charge in [0.2, 0.25) is 0 Å². The predicted octanol–water partition coefficient (Wildman–Crippen LogP) is 3.75. The summed E-state index contributed by atoms with van der Waals surface area (Å²) in [6, 6.07) is 9.36. The molecule has 0 fully saturated rings. The Balaban J connectivity index is 1.75. The Kier molecular flexibility index (Phi) is 3.45. The van der Waals surface area contributed by atoms with Gasteiger partial charge in [0.1, 0.15) is 5.82 Å². The van der Waals surface area contributed by atoms with E-state index in [0.717, 1.165) is 37.1 Å². The molecule has 2 aromatic rings. The third kappa shape index (κ3) is 2.60. The van der Waals surface area contributed by atoms with Gasteiger partial charge in [-0.2, -0.15) is 0 Å². The Bertz CT molecular complexity index is 554. The Morgan fingerprint density at radius 2 is 2.21 bits per heavy atom. The van der Waals surface area contributed by atoms with E-state index in [4.69, 9.17) is 0 Å². The fourth-order valence-electron chi connectivity index (χ4n) is 2.82. The zero-order valence-electron chi connectivity index (χ0n) is 10.8. The van der Waals surface area contributed by atoms with E-state index >= 15 is 0 Å². The molecule has 1 aliphatic carbocycles. The molecular weight excluding hydrogens is 239 g/mol. The molecule has 1 aromatic carbocycles. The van der Waals surface area contributed by atoms with Crippen LogP contribution in [0.2, 0.25) is 0 Å². The molecular formula is C16H17FN2. The first kappa shape index (κ1) is 12.2. The van der Waals surface area contributed by atoms with Crippen LogP contribution in [0, 0.1) is 5.82 Å². The van der Waals surface area contributed by atoms with Crippen LogP contribution in [-0.2, 0) is 6.42 Å². The van der Waals surface area contributed by atoms with Crippen molar-refractivity contribution in [3.63, 3.8) is 0 Å². The molecule has 0 amide bonds. The number of aromatic nitrogens is 1. The first-order chi connectivity index (χ1) is 9.34. The fraction of sp³-hybridized carbons (Fsp3) is 0.312. The third-order valence-electron chi connectivity index (χ3n) is 3.79. The number of hydrogen-bond acceptors (Lipinski definition) is 2. The molecule has 1 atom stereocenters. The summed E-state index contributed by atoms with van der Waals surface area (Å²) >= 11 is 0. The molecule has 98 valence electrons. The van der Waals surface area contributed by atoms with Crippen LogP contribution in [-0.4, -0.2) is 11.5 Å². The molecule has 0 saturated heterocycles. The van der Waals surface area contributed by atoms with Gasteiger partial charge in [-0.1, -0.05) is 12.1 Å². The number of nitrogens with one attached hydrogen (secondary N) is 1. The Hall–Kier alpha value is -1.90. The number of anilines is 1. The van der Waals surface area contributed by atoms with E-state index in [1.165, 1.54) is 5.56 Å². The van der Waals surface area contributed by atoms with Gasteiger partial charge >= 0.3 is 0 Å². The second kappa shape index (κ2) is 5.39. The Labute approximate surface area is 112 Å². The van der Waals surface area contributed by atoms with Crippen molar-refractivity contribution in [2.45, 2.75) is 25.2 Å². The summed E-state index contributed by atoms with van der Waals surface area (Å²) in [5, 5.41) is 3.39. The molecule has 0 saturated carbocycles. The molecule has 19 heavy (non-hydrogen) atoms.